The van der Waals surface area contributed by atoms with Crippen LogP contribution in [-0.2, 0) is 0 Å². The average Bonchev–Trinajstić information content (AvgIpc) is 2.42. The Morgan fingerprint density at radius 2 is 2.06 bits per heavy atom. The molecule has 0 spiro atoms. The number of rotatable bonds is 6. The van der Waals surface area contributed by atoms with Crippen molar-refractivity contribution in [3.05, 3.63) is 29.8 Å². The molecule has 1 aromatic carbocycles. The summed E-state index contributed by atoms with van der Waals surface area (Å²) < 4.78 is 5.29. The van der Waals surface area contributed by atoms with Crippen molar-refractivity contribution in [2.45, 2.75) is 32.6 Å². The van der Waals surface area contributed by atoms with Gasteiger partial charge in [0.05, 0.1) is 6.07 Å². The Bertz CT molecular complexity index is 456. The van der Waals surface area contributed by atoms with Crippen molar-refractivity contribution in [2.75, 3.05) is 6.61 Å². The van der Waals surface area contributed by atoms with E-state index in [4.69, 9.17) is 15.3 Å². The Balaban J connectivity index is 2.91. The Kier molecular flexibility index (Phi) is 5.74. The van der Waals surface area contributed by atoms with Gasteiger partial charge < -0.3 is 4.74 Å². The second-order valence-corrected chi connectivity index (χ2v) is 4.37. The van der Waals surface area contributed by atoms with Gasteiger partial charge in [0.15, 0.2) is 6.61 Å². The van der Waals surface area contributed by atoms with Crippen LogP contribution >= 0.6 is 0 Å². The number of benzene rings is 1. The first-order chi connectivity index (χ1) is 8.72. The van der Waals surface area contributed by atoms with Crippen LogP contribution in [0.15, 0.2) is 24.3 Å². The molecule has 0 amide bonds. The molecule has 94 valence electrons. The van der Waals surface area contributed by atoms with Gasteiger partial charge in [-0.25, -0.2) is 0 Å². The summed E-state index contributed by atoms with van der Waals surface area (Å²) in [7, 11) is 0. The van der Waals surface area contributed by atoms with Gasteiger partial charge in [0, 0.05) is 6.42 Å². The minimum absolute atomic E-state index is 0.0513. The third-order valence-electron chi connectivity index (χ3n) is 3.23. The highest BCUT2D eigenvalue weighted by molar-refractivity contribution is 5.32. The summed E-state index contributed by atoms with van der Waals surface area (Å²) in [5.41, 5.74) is 1.11. The fraction of sp³-hybridized carbons (Fsp3) is 0.467. The van der Waals surface area contributed by atoms with E-state index in [1.54, 1.807) is 0 Å². The number of nitriles is 2. The van der Waals surface area contributed by atoms with Gasteiger partial charge in [-0.2, -0.15) is 10.5 Å². The van der Waals surface area contributed by atoms with Gasteiger partial charge in [0.25, 0.3) is 0 Å². The summed E-state index contributed by atoms with van der Waals surface area (Å²) in [6, 6.07) is 11.9. The summed E-state index contributed by atoms with van der Waals surface area (Å²) in [5.74, 6) is 1.38. The number of ether oxygens (including phenoxy) is 1. The van der Waals surface area contributed by atoms with Crippen LogP contribution in [0.25, 0.3) is 0 Å². The van der Waals surface area contributed by atoms with E-state index in [0.29, 0.717) is 18.1 Å². The van der Waals surface area contributed by atoms with Crippen LogP contribution in [0, 0.1) is 28.6 Å². The van der Waals surface area contributed by atoms with Gasteiger partial charge in [-0.3, -0.25) is 0 Å². The lowest BCUT2D eigenvalue weighted by atomic mass is 9.83. The maximum atomic E-state index is 8.93. The van der Waals surface area contributed by atoms with Crippen LogP contribution in [0.2, 0.25) is 0 Å². The minimum Gasteiger partial charge on any atom is -0.479 e. The Morgan fingerprint density at radius 1 is 1.28 bits per heavy atom. The zero-order valence-corrected chi connectivity index (χ0v) is 10.9. The van der Waals surface area contributed by atoms with Crippen LogP contribution in [0.3, 0.4) is 0 Å². The van der Waals surface area contributed by atoms with Crippen LogP contribution in [0.1, 0.15) is 38.2 Å². The zero-order chi connectivity index (χ0) is 13.4. The van der Waals surface area contributed by atoms with E-state index in [0.717, 1.165) is 12.0 Å². The highest BCUT2D eigenvalue weighted by atomic mass is 16.5. The summed E-state index contributed by atoms with van der Waals surface area (Å²) in [6.45, 7) is 4.34. The summed E-state index contributed by atoms with van der Waals surface area (Å²) in [5, 5.41) is 17.4. The van der Waals surface area contributed by atoms with E-state index in [1.807, 2.05) is 30.3 Å². The van der Waals surface area contributed by atoms with Crippen molar-refractivity contribution in [1.82, 2.24) is 0 Å². The zero-order valence-electron chi connectivity index (χ0n) is 10.9. The molecule has 0 aromatic heterocycles. The molecule has 0 aliphatic heterocycles. The van der Waals surface area contributed by atoms with Crippen molar-refractivity contribution < 1.29 is 4.74 Å². The molecule has 0 radical (unpaired) electrons. The smallest absolute Gasteiger partial charge is 0.174 e. The van der Waals surface area contributed by atoms with Gasteiger partial charge in [-0.15, -0.1) is 0 Å². The third kappa shape index (κ3) is 3.79. The normalized spacial score (nSPS) is 13.1. The minimum atomic E-state index is 0.0513. The second-order valence-electron chi connectivity index (χ2n) is 4.37. The van der Waals surface area contributed by atoms with Gasteiger partial charge in [0.1, 0.15) is 11.8 Å². The molecule has 3 heteroatoms. The molecule has 0 fully saturated rings. The van der Waals surface area contributed by atoms with Crippen LogP contribution in [0.5, 0.6) is 5.75 Å². The molecule has 0 aliphatic carbocycles. The first-order valence-electron chi connectivity index (χ1n) is 6.19. The molecule has 0 aliphatic rings. The molecule has 18 heavy (non-hydrogen) atoms. The molecular formula is C15H18N2O. The second kappa shape index (κ2) is 7.35. The molecule has 1 rings (SSSR count). The van der Waals surface area contributed by atoms with E-state index in [1.165, 1.54) is 0 Å². The maximum Gasteiger partial charge on any atom is 0.174 e. The van der Waals surface area contributed by atoms with E-state index < -0.39 is 0 Å². The molecule has 1 aromatic rings. The molecule has 0 heterocycles. The predicted molar refractivity (Wildman–Crippen MR) is 70.0 cm³/mol. The largest absolute Gasteiger partial charge is 0.479 e. The SMILES string of the molecule is CCC(C)C(CC#N)c1cccc(OCC#N)c1. The lowest BCUT2D eigenvalue weighted by Crippen LogP contribution is -2.09. The van der Waals surface area contributed by atoms with Gasteiger partial charge in [-0.05, 0) is 29.5 Å². The molecule has 0 N–H and O–H groups in total. The Hall–Kier alpha value is -2.00. The van der Waals surface area contributed by atoms with Crippen molar-refractivity contribution in [1.29, 1.82) is 10.5 Å². The quantitative estimate of drug-likeness (QED) is 0.765. The molecule has 0 saturated heterocycles. The lowest BCUT2D eigenvalue weighted by Gasteiger charge is -2.21. The van der Waals surface area contributed by atoms with Crippen LogP contribution in [0.4, 0.5) is 0 Å². The standard InChI is InChI=1S/C15H18N2O/c1-3-12(2)15(7-8-16)13-5-4-6-14(11-13)18-10-9-17/h4-6,11-12,15H,3,7,10H2,1-2H3. The van der Waals surface area contributed by atoms with Crippen LogP contribution < -0.4 is 4.74 Å². The van der Waals surface area contributed by atoms with Gasteiger partial charge >= 0.3 is 0 Å². The van der Waals surface area contributed by atoms with E-state index >= 15 is 0 Å². The monoisotopic (exact) mass is 242 g/mol. The summed E-state index contributed by atoms with van der Waals surface area (Å²) in [6.07, 6.45) is 1.55. The Morgan fingerprint density at radius 3 is 2.67 bits per heavy atom. The van der Waals surface area contributed by atoms with Crippen LogP contribution in [-0.4, -0.2) is 6.61 Å². The first-order valence-corrected chi connectivity index (χ1v) is 6.19. The molecular weight excluding hydrogens is 224 g/mol. The number of nitrogens with zero attached hydrogens (tertiary/aromatic N) is 2. The first kappa shape index (κ1) is 14.1. The van der Waals surface area contributed by atoms with Gasteiger partial charge in [0.2, 0.25) is 0 Å². The van der Waals surface area contributed by atoms with Crippen molar-refractivity contribution in [2.24, 2.45) is 5.92 Å². The average molecular weight is 242 g/mol. The molecule has 2 atom stereocenters. The highest BCUT2D eigenvalue weighted by Crippen LogP contribution is 2.31. The number of hydrogen-bond acceptors (Lipinski definition) is 3. The van der Waals surface area contributed by atoms with E-state index in [-0.39, 0.29) is 12.5 Å². The van der Waals surface area contributed by atoms with E-state index in [9.17, 15) is 0 Å². The highest BCUT2D eigenvalue weighted by Gasteiger charge is 2.18. The summed E-state index contributed by atoms with van der Waals surface area (Å²) >= 11 is 0. The fourth-order valence-electron chi connectivity index (χ4n) is 1.98. The lowest BCUT2D eigenvalue weighted by molar-refractivity contribution is 0.366. The maximum absolute atomic E-state index is 8.93. The topological polar surface area (TPSA) is 56.8 Å². The molecule has 0 bridgehead atoms. The van der Waals surface area contributed by atoms with Crippen molar-refractivity contribution in [3.8, 4) is 17.9 Å². The molecule has 3 nitrogen and oxygen atoms in total. The third-order valence-corrected chi connectivity index (χ3v) is 3.23. The predicted octanol–water partition coefficient (Wildman–Crippen LogP) is 3.63. The van der Waals surface area contributed by atoms with E-state index in [2.05, 4.69) is 19.9 Å². The Labute approximate surface area is 109 Å². The van der Waals surface area contributed by atoms with Crippen molar-refractivity contribution >= 4 is 0 Å². The van der Waals surface area contributed by atoms with Gasteiger partial charge in [-0.1, -0.05) is 32.4 Å². The molecule has 0 saturated carbocycles. The fourth-order valence-corrected chi connectivity index (χ4v) is 1.98. The molecule has 2 unspecified atom stereocenters. The summed E-state index contributed by atoms with van der Waals surface area (Å²) in [4.78, 5) is 0. The van der Waals surface area contributed by atoms with Crippen molar-refractivity contribution in [3.63, 3.8) is 0 Å². The number of hydrogen-bond donors (Lipinski definition) is 0.